The van der Waals surface area contributed by atoms with Gasteiger partial charge in [0.2, 0.25) is 0 Å². The SMILES string of the molecule is Nc1cc(Cl)cc2c(NC3CC3)ncc(Br)c12. The van der Waals surface area contributed by atoms with E-state index in [1.54, 1.807) is 12.3 Å². The number of rotatable bonds is 2. The van der Waals surface area contributed by atoms with Crippen molar-refractivity contribution in [2.45, 2.75) is 18.9 Å². The van der Waals surface area contributed by atoms with Gasteiger partial charge in [0.05, 0.1) is 0 Å². The zero-order valence-electron chi connectivity index (χ0n) is 9.00. The second kappa shape index (κ2) is 4.03. The molecule has 1 fully saturated rings. The Balaban J connectivity index is 2.25. The van der Waals surface area contributed by atoms with Crippen molar-refractivity contribution >= 4 is 49.8 Å². The van der Waals surface area contributed by atoms with Gasteiger partial charge < -0.3 is 11.1 Å². The number of benzene rings is 1. The van der Waals surface area contributed by atoms with E-state index in [1.165, 1.54) is 12.8 Å². The lowest BCUT2D eigenvalue weighted by Crippen LogP contribution is -2.04. The van der Waals surface area contributed by atoms with Crippen LogP contribution in [0, 0.1) is 0 Å². The van der Waals surface area contributed by atoms with Gasteiger partial charge in [-0.1, -0.05) is 11.6 Å². The van der Waals surface area contributed by atoms with Crippen LogP contribution in [0.3, 0.4) is 0 Å². The average molecular weight is 313 g/mol. The van der Waals surface area contributed by atoms with Crippen LogP contribution in [0.1, 0.15) is 12.8 Å². The number of nitrogen functional groups attached to an aromatic ring is 1. The van der Waals surface area contributed by atoms with Gasteiger partial charge in [0.1, 0.15) is 5.82 Å². The number of halogens is 2. The summed E-state index contributed by atoms with van der Waals surface area (Å²) in [5, 5.41) is 5.96. The Bertz CT molecular complexity index is 596. The number of aromatic nitrogens is 1. The highest BCUT2D eigenvalue weighted by Gasteiger charge is 2.22. The third kappa shape index (κ3) is 2.07. The van der Waals surface area contributed by atoms with Crippen molar-refractivity contribution in [3.63, 3.8) is 0 Å². The van der Waals surface area contributed by atoms with Gasteiger partial charge in [-0.05, 0) is 40.9 Å². The second-order valence-corrected chi connectivity index (χ2v) is 5.58. The van der Waals surface area contributed by atoms with Crippen LogP contribution in [-0.2, 0) is 0 Å². The van der Waals surface area contributed by atoms with Crippen LogP contribution in [0.15, 0.2) is 22.8 Å². The highest BCUT2D eigenvalue weighted by molar-refractivity contribution is 9.10. The molecule has 1 aliphatic carbocycles. The second-order valence-electron chi connectivity index (χ2n) is 4.29. The molecule has 0 radical (unpaired) electrons. The van der Waals surface area contributed by atoms with E-state index in [1.807, 2.05) is 6.07 Å². The Hall–Kier alpha value is -1.00. The predicted molar refractivity (Wildman–Crippen MR) is 75.5 cm³/mol. The highest BCUT2D eigenvalue weighted by Crippen LogP contribution is 2.36. The van der Waals surface area contributed by atoms with Crippen molar-refractivity contribution in [2.24, 2.45) is 0 Å². The van der Waals surface area contributed by atoms with Crippen LogP contribution in [0.2, 0.25) is 5.02 Å². The average Bonchev–Trinajstić information content (AvgIpc) is 3.05. The number of hydrogen-bond donors (Lipinski definition) is 2. The fourth-order valence-electron chi connectivity index (χ4n) is 1.87. The van der Waals surface area contributed by atoms with Crippen molar-refractivity contribution in [3.8, 4) is 0 Å². The monoisotopic (exact) mass is 311 g/mol. The van der Waals surface area contributed by atoms with Crippen molar-refractivity contribution in [1.29, 1.82) is 0 Å². The highest BCUT2D eigenvalue weighted by atomic mass is 79.9. The van der Waals surface area contributed by atoms with Gasteiger partial charge in [0.25, 0.3) is 0 Å². The lowest BCUT2D eigenvalue weighted by atomic mass is 10.1. The number of fused-ring (bicyclic) bond motifs is 1. The molecule has 1 aromatic heterocycles. The van der Waals surface area contributed by atoms with E-state index in [-0.39, 0.29) is 0 Å². The maximum absolute atomic E-state index is 6.05. The van der Waals surface area contributed by atoms with Crippen LogP contribution in [0.25, 0.3) is 10.8 Å². The fourth-order valence-corrected chi connectivity index (χ4v) is 2.64. The molecule has 3 N–H and O–H groups in total. The minimum absolute atomic E-state index is 0.548. The summed E-state index contributed by atoms with van der Waals surface area (Å²) in [6, 6.07) is 4.21. The summed E-state index contributed by atoms with van der Waals surface area (Å²) in [6.07, 6.45) is 4.18. The quantitative estimate of drug-likeness (QED) is 0.829. The Morgan fingerprint density at radius 3 is 2.88 bits per heavy atom. The molecule has 3 rings (SSSR count). The van der Waals surface area contributed by atoms with E-state index in [0.717, 1.165) is 21.1 Å². The maximum atomic E-state index is 6.05. The first kappa shape index (κ1) is 11.1. The molecule has 1 aromatic carbocycles. The number of anilines is 2. The zero-order chi connectivity index (χ0) is 12.0. The Kier molecular flexibility index (Phi) is 2.64. The van der Waals surface area contributed by atoms with Crippen molar-refractivity contribution < 1.29 is 0 Å². The minimum Gasteiger partial charge on any atom is -0.398 e. The summed E-state index contributed by atoms with van der Waals surface area (Å²) in [6.45, 7) is 0. The molecule has 1 heterocycles. The number of nitrogens with zero attached hydrogens (tertiary/aromatic N) is 1. The summed E-state index contributed by atoms with van der Waals surface area (Å²) in [4.78, 5) is 4.40. The molecule has 5 heteroatoms. The summed E-state index contributed by atoms with van der Waals surface area (Å²) in [7, 11) is 0. The molecular weight excluding hydrogens is 302 g/mol. The summed E-state index contributed by atoms with van der Waals surface area (Å²) in [5.41, 5.74) is 6.67. The molecule has 2 aromatic rings. The molecule has 0 saturated heterocycles. The first-order valence-electron chi connectivity index (χ1n) is 5.45. The molecule has 0 unspecified atom stereocenters. The van der Waals surface area contributed by atoms with Gasteiger partial charge >= 0.3 is 0 Å². The lowest BCUT2D eigenvalue weighted by Gasteiger charge is -2.11. The van der Waals surface area contributed by atoms with E-state index >= 15 is 0 Å². The molecule has 1 aliphatic rings. The first-order valence-corrected chi connectivity index (χ1v) is 6.62. The number of nitrogens with two attached hydrogens (primary N) is 1. The summed E-state index contributed by atoms with van der Waals surface area (Å²) < 4.78 is 0.892. The zero-order valence-corrected chi connectivity index (χ0v) is 11.3. The maximum Gasteiger partial charge on any atom is 0.134 e. The van der Waals surface area contributed by atoms with Gasteiger partial charge in [-0.15, -0.1) is 0 Å². The van der Waals surface area contributed by atoms with Gasteiger partial charge in [0, 0.05) is 38.2 Å². The van der Waals surface area contributed by atoms with Gasteiger partial charge in [0.15, 0.2) is 0 Å². The predicted octanol–water partition coefficient (Wildman–Crippen LogP) is 3.81. The molecule has 0 aliphatic heterocycles. The third-order valence-electron chi connectivity index (χ3n) is 2.85. The Morgan fingerprint density at radius 1 is 1.41 bits per heavy atom. The van der Waals surface area contributed by atoms with Gasteiger partial charge in [-0.2, -0.15) is 0 Å². The van der Waals surface area contributed by atoms with Crippen molar-refractivity contribution in [1.82, 2.24) is 4.98 Å². The van der Waals surface area contributed by atoms with Gasteiger partial charge in [-0.25, -0.2) is 4.98 Å². The van der Waals surface area contributed by atoms with Crippen molar-refractivity contribution in [3.05, 3.63) is 27.8 Å². The molecule has 1 saturated carbocycles. The Labute approximate surface area is 112 Å². The normalized spacial score (nSPS) is 15.2. The van der Waals surface area contributed by atoms with Crippen LogP contribution in [0.4, 0.5) is 11.5 Å². The van der Waals surface area contributed by atoms with E-state index in [9.17, 15) is 0 Å². The van der Waals surface area contributed by atoms with Crippen LogP contribution in [-0.4, -0.2) is 11.0 Å². The standard InChI is InChI=1S/C12H11BrClN3/c13-9-5-16-12(17-7-1-2-7)8-3-6(14)4-10(15)11(8)9/h3-5,7H,1-2,15H2,(H,16,17). The van der Waals surface area contributed by atoms with Crippen LogP contribution in [0.5, 0.6) is 0 Å². The molecule has 88 valence electrons. The molecule has 0 atom stereocenters. The van der Waals surface area contributed by atoms with E-state index in [0.29, 0.717) is 16.8 Å². The third-order valence-corrected chi connectivity index (χ3v) is 3.67. The summed E-state index contributed by atoms with van der Waals surface area (Å²) >= 11 is 9.52. The Morgan fingerprint density at radius 2 is 2.18 bits per heavy atom. The number of pyridine rings is 1. The molecular formula is C12H11BrClN3. The first-order chi connectivity index (χ1) is 8.15. The van der Waals surface area contributed by atoms with E-state index in [4.69, 9.17) is 17.3 Å². The molecule has 0 bridgehead atoms. The number of hydrogen-bond acceptors (Lipinski definition) is 3. The lowest BCUT2D eigenvalue weighted by molar-refractivity contribution is 1.12. The smallest absolute Gasteiger partial charge is 0.134 e. The fraction of sp³-hybridized carbons (Fsp3) is 0.250. The van der Waals surface area contributed by atoms with Crippen molar-refractivity contribution in [2.75, 3.05) is 11.1 Å². The largest absolute Gasteiger partial charge is 0.398 e. The van der Waals surface area contributed by atoms with Gasteiger partial charge in [-0.3, -0.25) is 0 Å². The van der Waals surface area contributed by atoms with Crippen LogP contribution < -0.4 is 11.1 Å². The van der Waals surface area contributed by atoms with E-state index in [2.05, 4.69) is 26.2 Å². The molecule has 3 nitrogen and oxygen atoms in total. The number of nitrogens with one attached hydrogen (secondary N) is 1. The molecule has 0 amide bonds. The molecule has 0 spiro atoms. The summed E-state index contributed by atoms with van der Waals surface area (Å²) in [5.74, 6) is 0.861. The molecule has 17 heavy (non-hydrogen) atoms. The topological polar surface area (TPSA) is 50.9 Å². The van der Waals surface area contributed by atoms with Crippen LogP contribution >= 0.6 is 27.5 Å². The minimum atomic E-state index is 0.548. The van der Waals surface area contributed by atoms with E-state index < -0.39 is 0 Å².